The number of nitrogens with one attached hydrogen (secondary N) is 2. The summed E-state index contributed by atoms with van der Waals surface area (Å²) in [5.74, 6) is 0.270. The van der Waals surface area contributed by atoms with Gasteiger partial charge in [0.25, 0.3) is 0 Å². The topological polar surface area (TPSA) is 61.4 Å². The summed E-state index contributed by atoms with van der Waals surface area (Å²) in [4.78, 5) is 12.4. The summed E-state index contributed by atoms with van der Waals surface area (Å²) in [5.41, 5.74) is 3.42. The molecule has 0 spiro atoms. The largest absolute Gasteiger partial charge is 0.508 e. The lowest BCUT2D eigenvalue weighted by atomic mass is 9.99. The molecule has 28 heavy (non-hydrogen) atoms. The third-order valence-electron chi connectivity index (χ3n) is 4.65. The van der Waals surface area contributed by atoms with E-state index in [1.807, 2.05) is 60.7 Å². The fourth-order valence-corrected chi connectivity index (χ4v) is 3.15. The first-order chi connectivity index (χ1) is 13.7. The molecule has 3 aromatic carbocycles. The zero-order valence-corrected chi connectivity index (χ0v) is 15.8. The SMILES string of the molecule is O=C(NCCCc1ccc(O)cc1)NC(Cc1ccccc1)c1ccccc1. The molecular weight excluding hydrogens is 348 g/mol. The predicted molar refractivity (Wildman–Crippen MR) is 112 cm³/mol. The van der Waals surface area contributed by atoms with Crippen LogP contribution in [0.15, 0.2) is 84.9 Å². The van der Waals surface area contributed by atoms with Crippen molar-refractivity contribution in [2.75, 3.05) is 6.54 Å². The van der Waals surface area contributed by atoms with Crippen molar-refractivity contribution in [3.05, 3.63) is 102 Å². The fraction of sp³-hybridized carbons (Fsp3) is 0.208. The molecule has 0 bridgehead atoms. The molecule has 144 valence electrons. The molecule has 0 aliphatic rings. The lowest BCUT2D eigenvalue weighted by molar-refractivity contribution is 0.237. The minimum Gasteiger partial charge on any atom is -0.508 e. The van der Waals surface area contributed by atoms with Gasteiger partial charge in [-0.1, -0.05) is 72.8 Å². The summed E-state index contributed by atoms with van der Waals surface area (Å²) in [6.07, 6.45) is 2.44. The number of benzene rings is 3. The van der Waals surface area contributed by atoms with Gasteiger partial charge in [-0.15, -0.1) is 0 Å². The van der Waals surface area contributed by atoms with E-state index in [0.29, 0.717) is 6.54 Å². The smallest absolute Gasteiger partial charge is 0.315 e. The zero-order valence-electron chi connectivity index (χ0n) is 15.8. The van der Waals surface area contributed by atoms with E-state index in [1.165, 1.54) is 5.56 Å². The number of amides is 2. The van der Waals surface area contributed by atoms with Gasteiger partial charge in [-0.2, -0.15) is 0 Å². The quantitative estimate of drug-likeness (QED) is 0.504. The van der Waals surface area contributed by atoms with E-state index in [9.17, 15) is 9.90 Å². The van der Waals surface area contributed by atoms with Crippen LogP contribution in [-0.4, -0.2) is 17.7 Å². The Bertz CT molecular complexity index is 849. The molecule has 0 heterocycles. The van der Waals surface area contributed by atoms with Crippen molar-refractivity contribution in [1.29, 1.82) is 0 Å². The molecule has 0 saturated carbocycles. The number of aryl methyl sites for hydroxylation is 1. The summed E-state index contributed by atoms with van der Waals surface area (Å²) in [6, 6.07) is 27.2. The Balaban J connectivity index is 1.51. The van der Waals surface area contributed by atoms with E-state index in [4.69, 9.17) is 0 Å². The van der Waals surface area contributed by atoms with E-state index in [2.05, 4.69) is 22.8 Å². The molecule has 0 radical (unpaired) electrons. The molecule has 3 N–H and O–H groups in total. The number of urea groups is 1. The van der Waals surface area contributed by atoms with Crippen LogP contribution >= 0.6 is 0 Å². The van der Waals surface area contributed by atoms with Crippen molar-refractivity contribution in [3.8, 4) is 5.75 Å². The van der Waals surface area contributed by atoms with Gasteiger partial charge in [-0.3, -0.25) is 0 Å². The van der Waals surface area contributed by atoms with Crippen LogP contribution in [0.25, 0.3) is 0 Å². The number of aromatic hydroxyl groups is 1. The Morgan fingerprint density at radius 3 is 2.14 bits per heavy atom. The Kier molecular flexibility index (Phi) is 7.08. The van der Waals surface area contributed by atoms with Crippen LogP contribution in [0.4, 0.5) is 4.79 Å². The number of rotatable bonds is 8. The van der Waals surface area contributed by atoms with Crippen LogP contribution in [0.3, 0.4) is 0 Å². The number of hydrogen-bond acceptors (Lipinski definition) is 2. The second kappa shape index (κ2) is 10.2. The van der Waals surface area contributed by atoms with E-state index >= 15 is 0 Å². The molecule has 0 aromatic heterocycles. The minimum absolute atomic E-state index is 0.0827. The molecule has 3 aromatic rings. The lowest BCUT2D eigenvalue weighted by Crippen LogP contribution is -2.39. The van der Waals surface area contributed by atoms with Gasteiger partial charge in [-0.25, -0.2) is 4.79 Å². The van der Waals surface area contributed by atoms with Crippen molar-refractivity contribution in [2.45, 2.75) is 25.3 Å². The summed E-state index contributed by atoms with van der Waals surface area (Å²) < 4.78 is 0. The zero-order chi connectivity index (χ0) is 19.6. The molecule has 4 heteroatoms. The second-order valence-corrected chi connectivity index (χ2v) is 6.82. The van der Waals surface area contributed by atoms with Crippen LogP contribution < -0.4 is 10.6 Å². The molecule has 0 aliphatic carbocycles. The van der Waals surface area contributed by atoms with Gasteiger partial charge in [0.1, 0.15) is 5.75 Å². The average molecular weight is 374 g/mol. The highest BCUT2D eigenvalue weighted by Crippen LogP contribution is 2.18. The molecule has 1 atom stereocenters. The van der Waals surface area contributed by atoms with Gasteiger partial charge in [0.15, 0.2) is 0 Å². The highest BCUT2D eigenvalue weighted by molar-refractivity contribution is 5.74. The molecule has 4 nitrogen and oxygen atoms in total. The summed E-state index contributed by atoms with van der Waals surface area (Å²) >= 11 is 0. The molecule has 0 saturated heterocycles. The van der Waals surface area contributed by atoms with Crippen molar-refractivity contribution >= 4 is 6.03 Å². The average Bonchev–Trinajstić information content (AvgIpc) is 2.73. The Morgan fingerprint density at radius 1 is 0.821 bits per heavy atom. The van der Waals surface area contributed by atoms with Crippen molar-refractivity contribution in [3.63, 3.8) is 0 Å². The maximum atomic E-state index is 12.4. The Morgan fingerprint density at radius 2 is 1.46 bits per heavy atom. The van der Waals surface area contributed by atoms with Gasteiger partial charge < -0.3 is 15.7 Å². The summed E-state index contributed by atoms with van der Waals surface area (Å²) in [7, 11) is 0. The summed E-state index contributed by atoms with van der Waals surface area (Å²) in [6.45, 7) is 0.597. The van der Waals surface area contributed by atoms with Crippen molar-refractivity contribution in [1.82, 2.24) is 10.6 Å². The van der Waals surface area contributed by atoms with E-state index in [1.54, 1.807) is 12.1 Å². The number of phenolic OH excluding ortho intramolecular Hbond substituents is 1. The second-order valence-electron chi connectivity index (χ2n) is 6.82. The molecule has 2 amide bonds. The molecule has 0 fully saturated rings. The van der Waals surface area contributed by atoms with Crippen LogP contribution in [0, 0.1) is 0 Å². The first kappa shape index (κ1) is 19.5. The van der Waals surface area contributed by atoms with Gasteiger partial charge in [0, 0.05) is 6.54 Å². The maximum Gasteiger partial charge on any atom is 0.315 e. The van der Waals surface area contributed by atoms with E-state index in [0.717, 1.165) is 30.4 Å². The Labute approximate surface area is 166 Å². The van der Waals surface area contributed by atoms with Gasteiger partial charge in [0.05, 0.1) is 6.04 Å². The van der Waals surface area contributed by atoms with E-state index < -0.39 is 0 Å². The number of carbonyl (C=O) groups excluding carboxylic acids is 1. The van der Waals surface area contributed by atoms with Crippen molar-refractivity contribution in [2.24, 2.45) is 0 Å². The highest BCUT2D eigenvalue weighted by Gasteiger charge is 2.14. The molecular formula is C24H26N2O2. The summed E-state index contributed by atoms with van der Waals surface area (Å²) in [5, 5.41) is 15.4. The fourth-order valence-electron chi connectivity index (χ4n) is 3.15. The van der Waals surface area contributed by atoms with Crippen LogP contribution in [0.5, 0.6) is 5.75 Å². The minimum atomic E-state index is -0.157. The number of carbonyl (C=O) groups is 1. The standard InChI is InChI=1S/C24H26N2O2/c27-22-15-13-19(14-16-22)10-7-17-25-24(28)26-23(21-11-5-2-6-12-21)18-20-8-3-1-4-9-20/h1-6,8-9,11-16,23,27H,7,10,17-18H2,(H2,25,26,28). The van der Waals surface area contributed by atoms with E-state index in [-0.39, 0.29) is 17.8 Å². The van der Waals surface area contributed by atoms with Gasteiger partial charge >= 0.3 is 6.03 Å². The van der Waals surface area contributed by atoms with Gasteiger partial charge in [0.2, 0.25) is 0 Å². The van der Waals surface area contributed by atoms with Crippen LogP contribution in [0.2, 0.25) is 0 Å². The number of phenols is 1. The highest BCUT2D eigenvalue weighted by atomic mass is 16.3. The molecule has 0 aliphatic heterocycles. The number of hydrogen-bond donors (Lipinski definition) is 3. The lowest BCUT2D eigenvalue weighted by Gasteiger charge is -2.20. The predicted octanol–water partition coefficient (Wildman–Crippen LogP) is 4.61. The normalized spacial score (nSPS) is 11.6. The molecule has 1 unspecified atom stereocenters. The van der Waals surface area contributed by atoms with Crippen LogP contribution in [0.1, 0.15) is 29.2 Å². The third-order valence-corrected chi connectivity index (χ3v) is 4.65. The molecule has 3 rings (SSSR count). The van der Waals surface area contributed by atoms with Crippen LogP contribution in [-0.2, 0) is 12.8 Å². The Hall–Kier alpha value is -3.27. The first-order valence-electron chi connectivity index (χ1n) is 9.62. The van der Waals surface area contributed by atoms with Gasteiger partial charge in [-0.05, 0) is 48.1 Å². The first-order valence-corrected chi connectivity index (χ1v) is 9.62. The maximum absolute atomic E-state index is 12.4. The third kappa shape index (κ3) is 6.16. The monoisotopic (exact) mass is 374 g/mol. The van der Waals surface area contributed by atoms with Crippen molar-refractivity contribution < 1.29 is 9.90 Å².